The monoisotopic (exact) mass is 330 g/mol. The number of hydrogen-bond acceptors (Lipinski definition) is 4. The Morgan fingerprint density at radius 1 is 1.29 bits per heavy atom. The number of likely N-dealkylation sites (tertiary alicyclic amines) is 1. The Labute approximate surface area is 143 Å². The smallest absolute Gasteiger partial charge is 0.139 e. The molecule has 4 nitrogen and oxygen atoms in total. The number of aliphatic imine (C=N–C) groups is 1. The molecule has 1 saturated heterocycles. The van der Waals surface area contributed by atoms with Gasteiger partial charge in [0.1, 0.15) is 11.6 Å². The normalized spacial score (nSPS) is 31.7. The molecular weight excluding hydrogens is 303 g/mol. The molecule has 1 saturated carbocycles. The van der Waals surface area contributed by atoms with Gasteiger partial charge in [0.15, 0.2) is 0 Å². The molecule has 0 aromatic carbocycles. The second-order valence-corrected chi connectivity index (χ2v) is 7.27. The van der Waals surface area contributed by atoms with Crippen LogP contribution in [0.2, 0.25) is 0 Å². The van der Waals surface area contributed by atoms with Gasteiger partial charge in [-0.15, -0.1) is 0 Å². The van der Waals surface area contributed by atoms with E-state index in [-0.39, 0.29) is 11.9 Å². The van der Waals surface area contributed by atoms with Crippen LogP contribution in [0.15, 0.2) is 52.8 Å². The molecule has 2 fully saturated rings. The Hall–Kier alpha value is -1.88. The molecule has 1 spiro atoms. The first kappa shape index (κ1) is 17.0. The van der Waals surface area contributed by atoms with Crippen LogP contribution in [-0.2, 0) is 0 Å². The fraction of sp³-hybridized carbons (Fsp3) is 0.526. The third kappa shape index (κ3) is 3.78. The van der Waals surface area contributed by atoms with Crippen molar-refractivity contribution in [1.82, 2.24) is 10.2 Å². The van der Waals surface area contributed by atoms with Crippen molar-refractivity contribution in [3.8, 4) is 0 Å². The lowest BCUT2D eigenvalue weighted by molar-refractivity contribution is 0.211. The van der Waals surface area contributed by atoms with Gasteiger partial charge in [0, 0.05) is 42.8 Å². The van der Waals surface area contributed by atoms with Gasteiger partial charge < -0.3 is 16.0 Å². The maximum atomic E-state index is 14.0. The maximum Gasteiger partial charge on any atom is 0.139 e. The molecule has 5 heteroatoms. The lowest BCUT2D eigenvalue weighted by atomic mass is 9.94. The first-order valence-corrected chi connectivity index (χ1v) is 8.69. The van der Waals surface area contributed by atoms with Gasteiger partial charge in [0.05, 0.1) is 0 Å². The van der Waals surface area contributed by atoms with Crippen LogP contribution >= 0.6 is 0 Å². The third-order valence-electron chi connectivity index (χ3n) is 5.29. The molecule has 3 aliphatic rings. The van der Waals surface area contributed by atoms with E-state index in [0.717, 1.165) is 24.6 Å². The second kappa shape index (κ2) is 6.55. The molecule has 24 heavy (non-hydrogen) atoms. The first-order chi connectivity index (χ1) is 11.4. The van der Waals surface area contributed by atoms with Crippen LogP contribution in [0.3, 0.4) is 0 Å². The molecule has 3 N–H and O–H groups in total. The molecule has 1 atom stereocenters. The Kier molecular flexibility index (Phi) is 4.63. The molecule has 130 valence electrons. The number of rotatable bonds is 2. The molecular formula is C19H27FN4. The van der Waals surface area contributed by atoms with E-state index in [1.54, 1.807) is 0 Å². The van der Waals surface area contributed by atoms with Gasteiger partial charge >= 0.3 is 0 Å². The van der Waals surface area contributed by atoms with Crippen molar-refractivity contribution in [1.29, 1.82) is 0 Å². The standard InChI is InChI=1S/C19H27FN4/c1-13-10-18(24-8-6-19(4-5-19)7-9-24)23-15(3)17(14(2)21)11-16(20)12-22-13/h10-12,14,22H,1,4-9,21H2,2-3H3/b16-12?,17-11-,18-10+,23-15+. The minimum atomic E-state index is -0.386. The van der Waals surface area contributed by atoms with E-state index in [2.05, 4.69) is 16.8 Å². The van der Waals surface area contributed by atoms with Gasteiger partial charge in [-0.25, -0.2) is 9.38 Å². The highest BCUT2D eigenvalue weighted by Gasteiger charge is 2.44. The second-order valence-electron chi connectivity index (χ2n) is 7.27. The van der Waals surface area contributed by atoms with Crippen molar-refractivity contribution < 1.29 is 4.39 Å². The van der Waals surface area contributed by atoms with Crippen molar-refractivity contribution in [2.75, 3.05) is 13.1 Å². The van der Waals surface area contributed by atoms with Crippen molar-refractivity contribution in [3.05, 3.63) is 47.8 Å². The molecule has 0 radical (unpaired) electrons. The van der Waals surface area contributed by atoms with E-state index < -0.39 is 0 Å². The fourth-order valence-corrected chi connectivity index (χ4v) is 3.43. The highest BCUT2D eigenvalue weighted by atomic mass is 19.1. The lowest BCUT2D eigenvalue weighted by Crippen LogP contribution is -2.34. The van der Waals surface area contributed by atoms with Gasteiger partial charge in [-0.3, -0.25) is 0 Å². The molecule has 3 rings (SSSR count). The van der Waals surface area contributed by atoms with Gasteiger partial charge in [-0.2, -0.15) is 0 Å². The topological polar surface area (TPSA) is 53.6 Å². The number of nitrogens with zero attached hydrogens (tertiary/aromatic N) is 2. The summed E-state index contributed by atoms with van der Waals surface area (Å²) in [6.45, 7) is 9.70. The predicted molar refractivity (Wildman–Crippen MR) is 96.9 cm³/mol. The predicted octanol–water partition coefficient (Wildman–Crippen LogP) is 3.37. The van der Waals surface area contributed by atoms with Gasteiger partial charge in [0.25, 0.3) is 0 Å². The molecule has 0 amide bonds. The van der Waals surface area contributed by atoms with E-state index in [0.29, 0.717) is 16.7 Å². The van der Waals surface area contributed by atoms with E-state index >= 15 is 0 Å². The van der Waals surface area contributed by atoms with Crippen LogP contribution < -0.4 is 11.1 Å². The summed E-state index contributed by atoms with van der Waals surface area (Å²) in [5.74, 6) is 0.492. The maximum absolute atomic E-state index is 14.0. The van der Waals surface area contributed by atoms with Crippen LogP contribution in [0.5, 0.6) is 0 Å². The number of piperidine rings is 1. The summed E-state index contributed by atoms with van der Waals surface area (Å²) in [7, 11) is 0. The molecule has 1 aliphatic carbocycles. The third-order valence-corrected chi connectivity index (χ3v) is 5.29. The number of nitrogens with one attached hydrogen (secondary N) is 1. The number of allylic oxidation sites excluding steroid dienone is 3. The lowest BCUT2D eigenvalue weighted by Gasteiger charge is -2.34. The van der Waals surface area contributed by atoms with E-state index in [9.17, 15) is 4.39 Å². The average molecular weight is 330 g/mol. The Morgan fingerprint density at radius 3 is 2.54 bits per heavy atom. The first-order valence-electron chi connectivity index (χ1n) is 8.69. The van der Waals surface area contributed by atoms with Crippen LogP contribution in [0.1, 0.15) is 39.5 Å². The van der Waals surface area contributed by atoms with Crippen molar-refractivity contribution in [2.24, 2.45) is 16.1 Å². The summed E-state index contributed by atoms with van der Waals surface area (Å²) < 4.78 is 14.0. The summed E-state index contributed by atoms with van der Waals surface area (Å²) in [5.41, 5.74) is 8.71. The highest BCUT2D eigenvalue weighted by molar-refractivity contribution is 6.00. The molecule has 0 bridgehead atoms. The Morgan fingerprint density at radius 2 is 1.96 bits per heavy atom. The average Bonchev–Trinajstić information content (AvgIpc) is 3.29. The van der Waals surface area contributed by atoms with Crippen molar-refractivity contribution >= 4 is 5.71 Å². The summed E-state index contributed by atoms with van der Waals surface area (Å²) in [5, 5.41) is 2.88. The van der Waals surface area contributed by atoms with E-state index in [1.807, 2.05) is 19.9 Å². The quantitative estimate of drug-likeness (QED) is 0.816. The molecule has 2 aliphatic heterocycles. The zero-order chi connectivity index (χ0) is 17.3. The summed E-state index contributed by atoms with van der Waals surface area (Å²) in [6.07, 6.45) is 9.85. The SMILES string of the molecule is C=C1\C=C(N2CCC3(CC2)CC3)/N=C(C)/C(C(C)N)=C\C(F)=CN1. The summed E-state index contributed by atoms with van der Waals surface area (Å²) in [4.78, 5) is 7.08. The van der Waals surface area contributed by atoms with Crippen LogP contribution in [0.25, 0.3) is 0 Å². The largest absolute Gasteiger partial charge is 0.360 e. The Balaban J connectivity index is 1.89. The van der Waals surface area contributed by atoms with E-state index in [1.165, 1.54) is 38.0 Å². The van der Waals surface area contributed by atoms with Crippen molar-refractivity contribution in [2.45, 2.75) is 45.6 Å². The molecule has 1 unspecified atom stereocenters. The fourth-order valence-electron chi connectivity index (χ4n) is 3.43. The minimum Gasteiger partial charge on any atom is -0.360 e. The van der Waals surface area contributed by atoms with Gasteiger partial charge in [0.2, 0.25) is 0 Å². The number of nitrogens with two attached hydrogens (primary N) is 1. The minimum absolute atomic E-state index is 0.284. The molecule has 2 heterocycles. The van der Waals surface area contributed by atoms with E-state index in [4.69, 9.17) is 10.7 Å². The zero-order valence-electron chi connectivity index (χ0n) is 14.6. The van der Waals surface area contributed by atoms with Crippen LogP contribution in [0, 0.1) is 5.41 Å². The number of halogens is 1. The van der Waals surface area contributed by atoms with Crippen LogP contribution in [-0.4, -0.2) is 29.7 Å². The molecule has 0 aromatic heterocycles. The van der Waals surface area contributed by atoms with Gasteiger partial charge in [-0.1, -0.05) is 6.58 Å². The molecule has 0 aromatic rings. The number of hydrogen-bond donors (Lipinski definition) is 2. The summed E-state index contributed by atoms with van der Waals surface area (Å²) >= 11 is 0. The summed E-state index contributed by atoms with van der Waals surface area (Å²) in [6, 6.07) is -0.284. The van der Waals surface area contributed by atoms with Crippen molar-refractivity contribution in [3.63, 3.8) is 0 Å². The highest BCUT2D eigenvalue weighted by Crippen LogP contribution is 2.53. The van der Waals surface area contributed by atoms with Gasteiger partial charge in [-0.05, 0) is 56.6 Å². The Bertz CT molecular complexity index is 640. The van der Waals surface area contributed by atoms with Crippen LogP contribution in [0.4, 0.5) is 4.39 Å². The zero-order valence-corrected chi connectivity index (χ0v) is 14.6.